The second-order valence-electron chi connectivity index (χ2n) is 3.64. The van der Waals surface area contributed by atoms with Crippen LogP contribution in [0.4, 0.5) is 4.39 Å². The van der Waals surface area contributed by atoms with E-state index < -0.39 is 11.8 Å². The molecule has 1 amide bonds. The van der Waals surface area contributed by atoms with Crippen LogP contribution < -0.4 is 5.32 Å². The van der Waals surface area contributed by atoms with Crippen molar-refractivity contribution < 1.29 is 19.1 Å². The average molecular weight is 251 g/mol. The third kappa shape index (κ3) is 5.25. The minimum Gasteiger partial charge on any atom is -0.481 e. The number of carbonyl (C=O) groups is 2. The van der Waals surface area contributed by atoms with Gasteiger partial charge in [0.25, 0.3) is 0 Å². The monoisotopic (exact) mass is 251 g/mol. The molecule has 5 heteroatoms. The van der Waals surface area contributed by atoms with Crippen LogP contribution in [0.2, 0.25) is 0 Å². The largest absolute Gasteiger partial charge is 0.481 e. The molecule has 1 aromatic carbocycles. The van der Waals surface area contributed by atoms with Crippen LogP contribution in [0.15, 0.2) is 30.3 Å². The Balaban J connectivity index is 2.36. The molecule has 0 spiro atoms. The fourth-order valence-corrected chi connectivity index (χ4v) is 1.29. The highest BCUT2D eigenvalue weighted by atomic mass is 19.1. The molecule has 0 aliphatic carbocycles. The van der Waals surface area contributed by atoms with Crippen LogP contribution in [0.25, 0.3) is 6.08 Å². The van der Waals surface area contributed by atoms with Crippen molar-refractivity contribution in [1.29, 1.82) is 0 Å². The number of nitrogens with one attached hydrogen (secondary N) is 1. The number of carbonyl (C=O) groups excluding carboxylic acids is 1. The van der Waals surface area contributed by atoms with Crippen LogP contribution >= 0.6 is 0 Å². The van der Waals surface area contributed by atoms with Gasteiger partial charge in [-0.05, 0) is 18.6 Å². The first-order valence-corrected chi connectivity index (χ1v) is 5.52. The maximum atomic E-state index is 13.2. The van der Waals surface area contributed by atoms with Gasteiger partial charge in [0.2, 0.25) is 5.91 Å². The molecule has 0 atom stereocenters. The second kappa shape index (κ2) is 7.21. The van der Waals surface area contributed by atoms with Crippen molar-refractivity contribution >= 4 is 18.0 Å². The van der Waals surface area contributed by atoms with Gasteiger partial charge in [-0.3, -0.25) is 9.59 Å². The van der Waals surface area contributed by atoms with Gasteiger partial charge in [0.15, 0.2) is 0 Å². The van der Waals surface area contributed by atoms with Gasteiger partial charge >= 0.3 is 5.97 Å². The van der Waals surface area contributed by atoms with Crippen LogP contribution in [-0.2, 0) is 9.59 Å². The lowest BCUT2D eigenvalue weighted by molar-refractivity contribution is -0.137. The Kier molecular flexibility index (Phi) is 5.57. The molecule has 0 heterocycles. The number of halogens is 1. The first-order chi connectivity index (χ1) is 8.59. The Bertz CT molecular complexity index is 457. The van der Waals surface area contributed by atoms with E-state index in [1.54, 1.807) is 18.2 Å². The van der Waals surface area contributed by atoms with E-state index >= 15 is 0 Å². The van der Waals surface area contributed by atoms with E-state index in [0.29, 0.717) is 12.0 Å². The van der Waals surface area contributed by atoms with E-state index in [4.69, 9.17) is 5.11 Å². The molecule has 0 fully saturated rings. The number of amides is 1. The quantitative estimate of drug-likeness (QED) is 0.598. The van der Waals surface area contributed by atoms with Crippen molar-refractivity contribution in [3.63, 3.8) is 0 Å². The fourth-order valence-electron chi connectivity index (χ4n) is 1.29. The predicted molar refractivity (Wildman–Crippen MR) is 65.3 cm³/mol. The van der Waals surface area contributed by atoms with Gasteiger partial charge < -0.3 is 10.4 Å². The molecule has 0 unspecified atom stereocenters. The maximum absolute atomic E-state index is 13.2. The SMILES string of the molecule is O=C(O)CCCNC(=O)C=Cc1ccccc1F. The average Bonchev–Trinajstić information content (AvgIpc) is 2.33. The molecule has 2 N–H and O–H groups in total. The molecule has 0 saturated heterocycles. The number of rotatable bonds is 6. The summed E-state index contributed by atoms with van der Waals surface area (Å²) >= 11 is 0. The van der Waals surface area contributed by atoms with Crippen LogP contribution in [-0.4, -0.2) is 23.5 Å². The molecule has 4 nitrogen and oxygen atoms in total. The van der Waals surface area contributed by atoms with E-state index in [9.17, 15) is 14.0 Å². The van der Waals surface area contributed by atoms with Crippen molar-refractivity contribution in [3.05, 3.63) is 41.7 Å². The molecule has 0 radical (unpaired) electrons. The summed E-state index contributed by atoms with van der Waals surface area (Å²) in [4.78, 5) is 21.5. The highest BCUT2D eigenvalue weighted by Crippen LogP contribution is 2.07. The lowest BCUT2D eigenvalue weighted by Crippen LogP contribution is -2.22. The summed E-state index contributed by atoms with van der Waals surface area (Å²) < 4.78 is 13.2. The summed E-state index contributed by atoms with van der Waals surface area (Å²) in [7, 11) is 0. The van der Waals surface area contributed by atoms with Crippen LogP contribution in [0.5, 0.6) is 0 Å². The molecule has 0 aliphatic rings. The van der Waals surface area contributed by atoms with E-state index in [1.165, 1.54) is 18.2 Å². The third-order valence-electron chi connectivity index (χ3n) is 2.19. The lowest BCUT2D eigenvalue weighted by Gasteiger charge is -2.00. The van der Waals surface area contributed by atoms with E-state index in [1.807, 2.05) is 0 Å². The number of carboxylic acid groups (broad SMARTS) is 1. The first kappa shape index (κ1) is 13.9. The summed E-state index contributed by atoms with van der Waals surface area (Å²) in [6.45, 7) is 0.284. The summed E-state index contributed by atoms with van der Waals surface area (Å²) in [6, 6.07) is 6.11. The van der Waals surface area contributed by atoms with Gasteiger partial charge in [-0.25, -0.2) is 4.39 Å². The summed E-state index contributed by atoms with van der Waals surface area (Å²) in [5.41, 5.74) is 0.332. The summed E-state index contributed by atoms with van der Waals surface area (Å²) in [6.07, 6.45) is 2.98. The topological polar surface area (TPSA) is 66.4 Å². The predicted octanol–water partition coefficient (Wildman–Crippen LogP) is 1.82. The number of benzene rings is 1. The van der Waals surface area contributed by atoms with Gasteiger partial charge in [0, 0.05) is 24.6 Å². The maximum Gasteiger partial charge on any atom is 0.303 e. The smallest absolute Gasteiger partial charge is 0.303 e. The van der Waals surface area contributed by atoms with Crippen molar-refractivity contribution in [2.75, 3.05) is 6.54 Å². The second-order valence-corrected chi connectivity index (χ2v) is 3.64. The van der Waals surface area contributed by atoms with Crippen LogP contribution in [0.3, 0.4) is 0 Å². The molecule has 96 valence electrons. The van der Waals surface area contributed by atoms with Crippen molar-refractivity contribution in [1.82, 2.24) is 5.32 Å². The number of aliphatic carboxylic acids is 1. The van der Waals surface area contributed by atoms with Crippen LogP contribution in [0.1, 0.15) is 18.4 Å². The molecular weight excluding hydrogens is 237 g/mol. The van der Waals surface area contributed by atoms with Gasteiger partial charge in [-0.1, -0.05) is 18.2 Å². The zero-order valence-corrected chi connectivity index (χ0v) is 9.73. The lowest BCUT2D eigenvalue weighted by atomic mass is 10.2. The molecule has 18 heavy (non-hydrogen) atoms. The third-order valence-corrected chi connectivity index (χ3v) is 2.19. The first-order valence-electron chi connectivity index (χ1n) is 5.52. The van der Waals surface area contributed by atoms with Crippen LogP contribution in [0, 0.1) is 5.82 Å². The molecule has 0 saturated carbocycles. The number of hydrogen-bond acceptors (Lipinski definition) is 2. The Morgan fingerprint density at radius 2 is 2.06 bits per heavy atom. The Labute approximate surface area is 104 Å². The van der Waals surface area contributed by atoms with Crippen molar-refractivity contribution in [2.24, 2.45) is 0 Å². The van der Waals surface area contributed by atoms with Gasteiger partial charge in [0.1, 0.15) is 5.82 Å². The molecular formula is C13H14FNO3. The van der Waals surface area contributed by atoms with Crippen molar-refractivity contribution in [3.8, 4) is 0 Å². The minimum atomic E-state index is -0.897. The fraction of sp³-hybridized carbons (Fsp3) is 0.231. The van der Waals surface area contributed by atoms with Gasteiger partial charge in [-0.15, -0.1) is 0 Å². The van der Waals surface area contributed by atoms with Gasteiger partial charge in [-0.2, -0.15) is 0 Å². The summed E-state index contributed by atoms with van der Waals surface area (Å²) in [5.74, 6) is -1.66. The highest BCUT2D eigenvalue weighted by Gasteiger charge is 1.99. The van der Waals surface area contributed by atoms with Gasteiger partial charge in [0.05, 0.1) is 0 Å². The summed E-state index contributed by atoms with van der Waals surface area (Å²) in [5, 5.41) is 10.9. The number of carboxylic acids is 1. The molecule has 0 bridgehead atoms. The standard InChI is InChI=1S/C13H14FNO3/c14-11-5-2-1-4-10(11)7-8-12(16)15-9-3-6-13(17)18/h1-2,4-5,7-8H,3,6,9H2,(H,15,16)(H,17,18). The highest BCUT2D eigenvalue weighted by molar-refractivity contribution is 5.91. The minimum absolute atomic E-state index is 0.0112. The van der Waals surface area contributed by atoms with E-state index in [0.717, 1.165) is 0 Å². The number of hydrogen-bond donors (Lipinski definition) is 2. The molecule has 0 aliphatic heterocycles. The zero-order valence-electron chi connectivity index (χ0n) is 9.73. The van der Waals surface area contributed by atoms with E-state index in [-0.39, 0.29) is 18.9 Å². The Hall–Kier alpha value is -2.17. The Morgan fingerprint density at radius 1 is 1.33 bits per heavy atom. The normalized spacial score (nSPS) is 10.5. The zero-order chi connectivity index (χ0) is 13.4. The van der Waals surface area contributed by atoms with Crippen molar-refractivity contribution in [2.45, 2.75) is 12.8 Å². The van der Waals surface area contributed by atoms with E-state index in [2.05, 4.69) is 5.32 Å². The molecule has 0 aromatic heterocycles. The molecule has 1 aromatic rings. The molecule has 1 rings (SSSR count). The Morgan fingerprint density at radius 3 is 2.72 bits per heavy atom.